The van der Waals surface area contributed by atoms with Gasteiger partial charge in [-0.3, -0.25) is 4.79 Å². The van der Waals surface area contributed by atoms with Crippen molar-refractivity contribution in [3.05, 3.63) is 53.8 Å². The van der Waals surface area contributed by atoms with Crippen molar-refractivity contribution in [1.29, 1.82) is 0 Å². The maximum atomic E-state index is 13.0. The molecule has 1 aromatic carbocycles. The number of amides is 1. The summed E-state index contributed by atoms with van der Waals surface area (Å²) in [4.78, 5) is 23.8. The van der Waals surface area contributed by atoms with E-state index in [2.05, 4.69) is 20.3 Å². The van der Waals surface area contributed by atoms with Crippen LogP contribution in [0.2, 0.25) is 0 Å². The maximum Gasteiger partial charge on any atom is 0.239 e. The van der Waals surface area contributed by atoms with E-state index in [-0.39, 0.29) is 16.0 Å². The number of thiazole rings is 1. The van der Waals surface area contributed by atoms with Crippen LogP contribution in [0, 0.1) is 5.92 Å². The predicted octanol–water partition coefficient (Wildman–Crippen LogP) is 3.24. The summed E-state index contributed by atoms with van der Waals surface area (Å²) < 4.78 is 30.7. The van der Waals surface area contributed by atoms with Crippen LogP contribution in [-0.2, 0) is 19.4 Å². The Hall–Kier alpha value is -2.56. The first kappa shape index (κ1) is 20.7. The van der Waals surface area contributed by atoms with Crippen LogP contribution in [0.5, 0.6) is 0 Å². The number of rotatable bonds is 7. The zero-order chi connectivity index (χ0) is 21.0. The van der Waals surface area contributed by atoms with E-state index < -0.39 is 15.8 Å². The summed E-state index contributed by atoms with van der Waals surface area (Å²) in [6, 6.07) is 6.48. The van der Waals surface area contributed by atoms with E-state index in [1.54, 1.807) is 23.7 Å². The first-order chi connectivity index (χ1) is 14.5. The molecular weight excluding hydrogens is 424 g/mol. The number of ether oxygens (including phenoxy) is 1. The molecule has 0 saturated carbocycles. The fourth-order valence-electron chi connectivity index (χ4n) is 3.58. The first-order valence-electron chi connectivity index (χ1n) is 9.66. The average Bonchev–Trinajstić information content (AvgIpc) is 3.47. The van der Waals surface area contributed by atoms with Crippen LogP contribution in [0.15, 0.2) is 58.3 Å². The van der Waals surface area contributed by atoms with Gasteiger partial charge in [-0.15, -0.1) is 11.3 Å². The number of hydrogen-bond donors (Lipinski definition) is 2. The summed E-state index contributed by atoms with van der Waals surface area (Å²) in [6.07, 6.45) is 6.99. The molecule has 10 heteroatoms. The van der Waals surface area contributed by atoms with Gasteiger partial charge in [0.05, 0.1) is 10.8 Å². The van der Waals surface area contributed by atoms with Crippen molar-refractivity contribution in [2.45, 2.75) is 35.2 Å². The molecule has 4 rings (SSSR count). The van der Waals surface area contributed by atoms with E-state index in [1.807, 2.05) is 0 Å². The van der Waals surface area contributed by atoms with Crippen LogP contribution in [0.4, 0.5) is 5.13 Å². The Labute approximate surface area is 178 Å². The molecule has 1 aliphatic heterocycles. The number of aromatic nitrogens is 3. The molecular formula is C20H22N4O4S2. The minimum absolute atomic E-state index is 0.101. The molecule has 2 N–H and O–H groups in total. The fraction of sp³-hybridized carbons (Fsp3) is 0.350. The highest BCUT2D eigenvalue weighted by Gasteiger charge is 2.28. The number of hydrogen-bond acceptors (Lipinski definition) is 7. The molecule has 8 nitrogen and oxygen atoms in total. The lowest BCUT2D eigenvalue weighted by atomic mass is 9.84. The van der Waals surface area contributed by atoms with Crippen LogP contribution < -0.4 is 5.32 Å². The highest BCUT2D eigenvalue weighted by molar-refractivity contribution is 7.91. The Balaban J connectivity index is 1.58. The lowest BCUT2D eigenvalue weighted by Gasteiger charge is -2.26. The van der Waals surface area contributed by atoms with E-state index in [0.29, 0.717) is 30.7 Å². The van der Waals surface area contributed by atoms with Gasteiger partial charge >= 0.3 is 0 Å². The van der Waals surface area contributed by atoms with Gasteiger partial charge < -0.3 is 15.0 Å². The summed E-state index contributed by atoms with van der Waals surface area (Å²) in [5, 5.41) is 5.13. The zero-order valence-electron chi connectivity index (χ0n) is 16.2. The average molecular weight is 447 g/mol. The molecule has 3 aromatic rings. The normalized spacial score (nSPS) is 16.3. The third-order valence-corrected chi connectivity index (χ3v) is 7.52. The Kier molecular flexibility index (Phi) is 6.26. The molecule has 2 aromatic heterocycles. The van der Waals surface area contributed by atoms with Gasteiger partial charge in [0.1, 0.15) is 0 Å². The van der Waals surface area contributed by atoms with Crippen molar-refractivity contribution in [1.82, 2.24) is 15.0 Å². The molecule has 0 aliphatic carbocycles. The maximum absolute atomic E-state index is 13.0. The smallest absolute Gasteiger partial charge is 0.239 e. The van der Waals surface area contributed by atoms with Crippen LogP contribution in [0.3, 0.4) is 0 Å². The quantitative estimate of drug-likeness (QED) is 0.576. The van der Waals surface area contributed by atoms with Gasteiger partial charge in [-0.05, 0) is 42.9 Å². The van der Waals surface area contributed by atoms with Crippen molar-refractivity contribution in [2.75, 3.05) is 18.5 Å². The zero-order valence-corrected chi connectivity index (χ0v) is 17.8. The third kappa shape index (κ3) is 4.61. The van der Waals surface area contributed by atoms with Gasteiger partial charge in [-0.25, -0.2) is 18.4 Å². The van der Waals surface area contributed by atoms with Crippen LogP contribution in [-0.4, -0.2) is 42.5 Å². The van der Waals surface area contributed by atoms with Gasteiger partial charge in [0.25, 0.3) is 0 Å². The van der Waals surface area contributed by atoms with E-state index in [9.17, 15) is 13.2 Å². The molecule has 0 spiro atoms. The molecule has 0 radical (unpaired) electrons. The highest BCUT2D eigenvalue weighted by Crippen LogP contribution is 2.32. The van der Waals surface area contributed by atoms with Crippen LogP contribution in [0.25, 0.3) is 0 Å². The van der Waals surface area contributed by atoms with Gasteiger partial charge in [0, 0.05) is 37.2 Å². The van der Waals surface area contributed by atoms with Crippen molar-refractivity contribution in [2.24, 2.45) is 5.92 Å². The number of benzene rings is 1. The van der Waals surface area contributed by atoms with Crippen LogP contribution in [0.1, 0.15) is 30.7 Å². The summed E-state index contributed by atoms with van der Waals surface area (Å²) in [5.74, 6) is -0.173. The standard InChI is InChI=1S/C20H22N4O4S2/c25-18(24-19-21-9-12-29-19)17(13-14-5-10-28-11-6-14)15-1-3-16(4-2-15)30(26,27)20-22-7-8-23-20/h1-4,7-9,12,14,17H,5-6,10-11,13H2,(H,22,23)(H,21,24,25). The predicted molar refractivity (Wildman–Crippen MR) is 112 cm³/mol. The molecule has 0 bridgehead atoms. The van der Waals surface area contributed by atoms with Crippen molar-refractivity contribution in [3.63, 3.8) is 0 Å². The molecule has 1 fully saturated rings. The monoisotopic (exact) mass is 446 g/mol. The van der Waals surface area contributed by atoms with Crippen molar-refractivity contribution >= 4 is 32.2 Å². The number of H-pyrrole nitrogens is 1. The van der Waals surface area contributed by atoms with E-state index in [0.717, 1.165) is 18.4 Å². The van der Waals surface area contributed by atoms with E-state index >= 15 is 0 Å². The lowest BCUT2D eigenvalue weighted by Crippen LogP contribution is -2.26. The molecule has 1 amide bonds. The highest BCUT2D eigenvalue weighted by atomic mass is 32.2. The number of aromatic amines is 1. The van der Waals surface area contributed by atoms with Crippen LogP contribution >= 0.6 is 11.3 Å². The Bertz CT molecular complexity index is 1060. The topological polar surface area (TPSA) is 114 Å². The number of carbonyl (C=O) groups excluding carboxylic acids is 1. The second kappa shape index (κ2) is 9.07. The number of anilines is 1. The number of sulfone groups is 1. The minimum Gasteiger partial charge on any atom is -0.381 e. The largest absolute Gasteiger partial charge is 0.381 e. The minimum atomic E-state index is -3.72. The number of nitrogens with zero attached hydrogens (tertiary/aromatic N) is 2. The Morgan fingerprint density at radius 3 is 2.60 bits per heavy atom. The summed E-state index contributed by atoms with van der Waals surface area (Å²) in [7, 11) is -3.72. The SMILES string of the molecule is O=C(Nc1nccs1)C(CC1CCOCC1)c1ccc(S(=O)(=O)c2ncc[nH]2)cc1. The second-order valence-corrected chi connectivity index (χ2v) is 9.90. The third-order valence-electron chi connectivity index (χ3n) is 5.21. The molecule has 1 atom stereocenters. The summed E-state index contributed by atoms with van der Waals surface area (Å²) >= 11 is 1.36. The fourth-order valence-corrected chi connectivity index (χ4v) is 5.25. The molecule has 1 aliphatic rings. The van der Waals surface area contributed by atoms with E-state index in [1.165, 1.54) is 35.9 Å². The van der Waals surface area contributed by atoms with Crippen molar-refractivity contribution < 1.29 is 17.9 Å². The Morgan fingerprint density at radius 2 is 1.97 bits per heavy atom. The summed E-state index contributed by atoms with van der Waals surface area (Å²) in [6.45, 7) is 1.40. The van der Waals surface area contributed by atoms with Gasteiger partial charge in [-0.2, -0.15) is 0 Å². The van der Waals surface area contributed by atoms with Gasteiger partial charge in [0.2, 0.25) is 20.9 Å². The van der Waals surface area contributed by atoms with Crippen molar-refractivity contribution in [3.8, 4) is 0 Å². The first-order valence-corrected chi connectivity index (χ1v) is 12.0. The lowest BCUT2D eigenvalue weighted by molar-refractivity contribution is -0.118. The van der Waals surface area contributed by atoms with Gasteiger partial charge in [0.15, 0.2) is 5.13 Å². The summed E-state index contributed by atoms with van der Waals surface area (Å²) in [5.41, 5.74) is 0.772. The molecule has 158 valence electrons. The molecule has 3 heterocycles. The number of carbonyl (C=O) groups is 1. The molecule has 1 saturated heterocycles. The molecule has 30 heavy (non-hydrogen) atoms. The number of imidazole rings is 1. The second-order valence-electron chi connectivity index (χ2n) is 7.14. The Morgan fingerprint density at radius 1 is 1.20 bits per heavy atom. The number of nitrogens with one attached hydrogen (secondary N) is 2. The van der Waals surface area contributed by atoms with E-state index in [4.69, 9.17) is 4.74 Å². The van der Waals surface area contributed by atoms with Gasteiger partial charge in [-0.1, -0.05) is 12.1 Å². The molecule has 1 unspecified atom stereocenters.